The molecule has 0 heterocycles. The van der Waals surface area contributed by atoms with Gasteiger partial charge in [0.25, 0.3) is 10.1 Å². The molecule has 0 saturated heterocycles. The van der Waals surface area contributed by atoms with Gasteiger partial charge in [-0.1, -0.05) is 71.4 Å². The maximum absolute atomic E-state index is 11.2. The van der Waals surface area contributed by atoms with Crippen molar-refractivity contribution in [3.05, 3.63) is 29.3 Å². The van der Waals surface area contributed by atoms with E-state index in [-0.39, 0.29) is 5.75 Å². The molecule has 0 fully saturated rings. The van der Waals surface area contributed by atoms with Gasteiger partial charge in [0.15, 0.2) is 0 Å². The zero-order chi connectivity index (χ0) is 20.1. The molecule has 1 atom stereocenters. The minimum atomic E-state index is -4.04. The predicted octanol–water partition coefficient (Wildman–Crippen LogP) is 5.98. The molecule has 1 aromatic rings. The van der Waals surface area contributed by atoms with E-state index in [1.807, 2.05) is 13.0 Å². The van der Waals surface area contributed by atoms with E-state index in [0.29, 0.717) is 6.42 Å². The van der Waals surface area contributed by atoms with Crippen molar-refractivity contribution in [3.63, 3.8) is 0 Å². The number of unbranched alkanes of at least 4 members (excludes halogenated alkanes) is 6. The summed E-state index contributed by atoms with van der Waals surface area (Å²) in [7, 11) is -4.04. The molecule has 0 radical (unpaired) electrons. The van der Waals surface area contributed by atoms with Crippen molar-refractivity contribution in [3.8, 4) is 5.75 Å². The standard InChI is InChI=1S/C22H38O4S/c1-4-7-9-11-13-19-15-16-22(20(17-19)14-12-10-8-5-2)26-21(6-3)18-27(23,24)25/h15-17,21H,4-14,18H2,1-3H3,(H,23,24,25). The van der Waals surface area contributed by atoms with Crippen LogP contribution < -0.4 is 4.74 Å². The summed E-state index contributed by atoms with van der Waals surface area (Å²) >= 11 is 0. The fraction of sp³-hybridized carbons (Fsp3) is 0.727. The molecule has 0 aliphatic carbocycles. The number of ether oxygens (including phenoxy) is 1. The molecule has 27 heavy (non-hydrogen) atoms. The molecular weight excluding hydrogens is 360 g/mol. The van der Waals surface area contributed by atoms with Crippen LogP contribution >= 0.6 is 0 Å². The Hall–Kier alpha value is -1.07. The van der Waals surface area contributed by atoms with Gasteiger partial charge in [0.05, 0.1) is 0 Å². The molecular formula is C22H38O4S. The number of hydrogen-bond donors (Lipinski definition) is 1. The predicted molar refractivity (Wildman–Crippen MR) is 113 cm³/mol. The van der Waals surface area contributed by atoms with E-state index in [1.54, 1.807) is 0 Å². The molecule has 4 nitrogen and oxygen atoms in total. The van der Waals surface area contributed by atoms with E-state index >= 15 is 0 Å². The maximum atomic E-state index is 11.2. The first-order valence-corrected chi connectivity index (χ1v) is 12.2. The lowest BCUT2D eigenvalue weighted by Crippen LogP contribution is -2.26. The summed E-state index contributed by atoms with van der Waals surface area (Å²) in [5, 5.41) is 0. The molecule has 0 spiro atoms. The van der Waals surface area contributed by atoms with E-state index in [1.165, 1.54) is 50.5 Å². The Kier molecular flexibility index (Phi) is 11.7. The van der Waals surface area contributed by atoms with Crippen LogP contribution in [0.15, 0.2) is 18.2 Å². The van der Waals surface area contributed by atoms with Gasteiger partial charge >= 0.3 is 0 Å². The number of hydrogen-bond acceptors (Lipinski definition) is 3. The fourth-order valence-electron chi connectivity index (χ4n) is 3.25. The van der Waals surface area contributed by atoms with Crippen LogP contribution in [0, 0.1) is 0 Å². The smallest absolute Gasteiger partial charge is 0.268 e. The molecule has 0 aliphatic heterocycles. The average Bonchev–Trinajstić information content (AvgIpc) is 2.62. The molecule has 0 saturated carbocycles. The molecule has 1 unspecified atom stereocenters. The fourth-order valence-corrected chi connectivity index (χ4v) is 4.02. The third-order valence-corrected chi connectivity index (χ3v) is 5.68. The molecule has 156 valence electrons. The first-order valence-electron chi connectivity index (χ1n) is 10.6. The minimum absolute atomic E-state index is 0.364. The summed E-state index contributed by atoms with van der Waals surface area (Å²) in [5.41, 5.74) is 2.49. The van der Waals surface area contributed by atoms with E-state index in [4.69, 9.17) is 9.29 Å². The monoisotopic (exact) mass is 398 g/mol. The van der Waals surface area contributed by atoms with Gasteiger partial charge in [-0.15, -0.1) is 0 Å². The van der Waals surface area contributed by atoms with Crippen molar-refractivity contribution in [1.82, 2.24) is 0 Å². The number of benzene rings is 1. The van der Waals surface area contributed by atoms with Gasteiger partial charge < -0.3 is 4.74 Å². The van der Waals surface area contributed by atoms with Crippen molar-refractivity contribution in [1.29, 1.82) is 0 Å². The van der Waals surface area contributed by atoms with Crippen molar-refractivity contribution in [2.24, 2.45) is 0 Å². The summed E-state index contributed by atoms with van der Waals surface area (Å²) in [6.45, 7) is 6.29. The minimum Gasteiger partial charge on any atom is -0.489 e. The van der Waals surface area contributed by atoms with E-state index in [9.17, 15) is 8.42 Å². The van der Waals surface area contributed by atoms with Gasteiger partial charge in [0.1, 0.15) is 17.6 Å². The summed E-state index contributed by atoms with van der Waals surface area (Å²) in [5.74, 6) is 0.400. The van der Waals surface area contributed by atoms with E-state index in [2.05, 4.69) is 26.0 Å². The largest absolute Gasteiger partial charge is 0.489 e. The van der Waals surface area contributed by atoms with Crippen LogP contribution in [0.5, 0.6) is 5.75 Å². The van der Waals surface area contributed by atoms with Gasteiger partial charge in [-0.2, -0.15) is 8.42 Å². The molecule has 1 aromatic carbocycles. The lowest BCUT2D eigenvalue weighted by Gasteiger charge is -2.19. The molecule has 5 heteroatoms. The summed E-state index contributed by atoms with van der Waals surface area (Å²) in [6, 6.07) is 6.31. The third-order valence-electron chi connectivity index (χ3n) is 4.89. The van der Waals surface area contributed by atoms with Crippen LogP contribution in [0.4, 0.5) is 0 Å². The molecule has 1 rings (SSSR count). The van der Waals surface area contributed by atoms with Crippen molar-refractivity contribution < 1.29 is 17.7 Å². The van der Waals surface area contributed by atoms with Crippen LogP contribution in [0.2, 0.25) is 0 Å². The second-order valence-corrected chi connectivity index (χ2v) is 8.96. The second-order valence-electron chi connectivity index (χ2n) is 7.46. The molecule has 1 N–H and O–H groups in total. The topological polar surface area (TPSA) is 63.6 Å². The van der Waals surface area contributed by atoms with Gasteiger partial charge in [-0.05, 0) is 49.3 Å². The second kappa shape index (κ2) is 13.2. The van der Waals surface area contributed by atoms with Crippen LogP contribution in [-0.4, -0.2) is 24.8 Å². The molecule has 0 aliphatic rings. The lowest BCUT2D eigenvalue weighted by atomic mass is 9.99. The van der Waals surface area contributed by atoms with Crippen molar-refractivity contribution in [2.75, 3.05) is 5.75 Å². The number of rotatable bonds is 15. The summed E-state index contributed by atoms with van der Waals surface area (Å²) in [4.78, 5) is 0. The third kappa shape index (κ3) is 10.7. The van der Waals surface area contributed by atoms with Crippen molar-refractivity contribution >= 4 is 10.1 Å². The zero-order valence-corrected chi connectivity index (χ0v) is 18.2. The van der Waals surface area contributed by atoms with Gasteiger partial charge in [-0.25, -0.2) is 0 Å². The Morgan fingerprint density at radius 3 is 2.11 bits per heavy atom. The van der Waals surface area contributed by atoms with E-state index in [0.717, 1.165) is 30.6 Å². The highest BCUT2D eigenvalue weighted by molar-refractivity contribution is 7.85. The summed E-state index contributed by atoms with van der Waals surface area (Å²) < 4.78 is 37.6. The van der Waals surface area contributed by atoms with Gasteiger partial charge in [0.2, 0.25) is 0 Å². The normalized spacial score (nSPS) is 12.9. The average molecular weight is 399 g/mol. The highest BCUT2D eigenvalue weighted by atomic mass is 32.2. The van der Waals surface area contributed by atoms with Gasteiger partial charge in [0, 0.05) is 0 Å². The van der Waals surface area contributed by atoms with Crippen LogP contribution in [0.3, 0.4) is 0 Å². The van der Waals surface area contributed by atoms with Gasteiger partial charge in [-0.3, -0.25) is 4.55 Å². The Morgan fingerprint density at radius 1 is 0.926 bits per heavy atom. The molecule has 0 aromatic heterocycles. The Balaban J connectivity index is 2.85. The van der Waals surface area contributed by atoms with Crippen molar-refractivity contribution in [2.45, 2.75) is 97.5 Å². The van der Waals surface area contributed by atoms with Crippen LogP contribution in [-0.2, 0) is 23.0 Å². The first-order chi connectivity index (χ1) is 12.9. The highest BCUT2D eigenvalue weighted by Gasteiger charge is 2.18. The Bertz CT molecular complexity index is 625. The number of aryl methyl sites for hydroxylation is 2. The Labute approximate surface area is 166 Å². The lowest BCUT2D eigenvalue weighted by molar-refractivity contribution is 0.214. The quantitative estimate of drug-likeness (QED) is 0.292. The SMILES string of the molecule is CCCCCCc1ccc(OC(CC)CS(=O)(=O)O)c(CCCCCC)c1. The van der Waals surface area contributed by atoms with E-state index < -0.39 is 16.2 Å². The maximum Gasteiger partial charge on any atom is 0.268 e. The van der Waals surface area contributed by atoms with Crippen LogP contribution in [0.1, 0.15) is 89.7 Å². The highest BCUT2D eigenvalue weighted by Crippen LogP contribution is 2.26. The molecule has 0 amide bonds. The first kappa shape index (κ1) is 24.0. The van der Waals surface area contributed by atoms with Crippen LogP contribution in [0.25, 0.3) is 0 Å². The molecule has 0 bridgehead atoms. The Morgan fingerprint density at radius 2 is 1.56 bits per heavy atom. The summed E-state index contributed by atoms with van der Waals surface area (Å²) in [6.07, 6.45) is 11.7. The zero-order valence-electron chi connectivity index (χ0n) is 17.4.